The summed E-state index contributed by atoms with van der Waals surface area (Å²) in [5.74, 6) is 0.944. The Morgan fingerprint density at radius 1 is 1.05 bits per heavy atom. The van der Waals surface area contributed by atoms with Crippen LogP contribution in [0.4, 0.5) is 0 Å². The van der Waals surface area contributed by atoms with E-state index in [4.69, 9.17) is 30.5 Å². The molecule has 2 aromatic rings. The predicted molar refractivity (Wildman–Crippen MR) is 83.3 cm³/mol. The van der Waals surface area contributed by atoms with Gasteiger partial charge in [0.2, 0.25) is 5.88 Å². The maximum atomic E-state index is 5.98. The van der Waals surface area contributed by atoms with E-state index in [0.717, 1.165) is 5.56 Å². The first-order valence-electron chi connectivity index (χ1n) is 6.74. The van der Waals surface area contributed by atoms with E-state index < -0.39 is 6.29 Å². The van der Waals surface area contributed by atoms with E-state index in [1.807, 2.05) is 30.3 Å². The van der Waals surface area contributed by atoms with E-state index >= 15 is 0 Å². The highest BCUT2D eigenvalue weighted by molar-refractivity contribution is 6.29. The molecule has 1 aromatic carbocycles. The number of pyridine rings is 1. The van der Waals surface area contributed by atoms with Crippen LogP contribution in [0.25, 0.3) is 0 Å². The molecule has 1 aromatic heterocycles. The lowest BCUT2D eigenvalue weighted by Crippen LogP contribution is -2.22. The van der Waals surface area contributed by atoms with Crippen LogP contribution in [0.15, 0.2) is 42.5 Å². The van der Waals surface area contributed by atoms with E-state index in [9.17, 15) is 0 Å². The second kappa shape index (κ2) is 8.58. The molecule has 0 atom stereocenters. The molecule has 0 aliphatic heterocycles. The van der Waals surface area contributed by atoms with Gasteiger partial charge in [-0.05, 0) is 5.56 Å². The molecule has 0 aliphatic carbocycles. The van der Waals surface area contributed by atoms with Crippen molar-refractivity contribution in [2.24, 2.45) is 0 Å². The van der Waals surface area contributed by atoms with Crippen LogP contribution >= 0.6 is 11.6 Å². The van der Waals surface area contributed by atoms with Crippen LogP contribution in [0.1, 0.15) is 5.56 Å². The summed E-state index contributed by atoms with van der Waals surface area (Å²) >= 11 is 5.98. The number of hydrogen-bond donors (Lipinski definition) is 0. The van der Waals surface area contributed by atoms with Crippen molar-refractivity contribution in [3.63, 3.8) is 0 Å². The largest absolute Gasteiger partial charge is 0.489 e. The van der Waals surface area contributed by atoms with Crippen molar-refractivity contribution in [1.82, 2.24) is 4.98 Å². The fraction of sp³-hybridized carbons (Fsp3) is 0.312. The van der Waals surface area contributed by atoms with Crippen LogP contribution in [0.5, 0.6) is 11.6 Å². The summed E-state index contributed by atoms with van der Waals surface area (Å²) in [7, 11) is 3.08. The number of aromatic nitrogens is 1. The molecule has 0 spiro atoms. The lowest BCUT2D eigenvalue weighted by molar-refractivity contribution is -0.122. The zero-order chi connectivity index (χ0) is 15.8. The molecule has 2 rings (SSSR count). The SMILES string of the molecule is COC(COc1cc(OCc2ccccc2)cc(Cl)n1)OC. The van der Waals surface area contributed by atoms with Gasteiger partial charge in [-0.25, -0.2) is 4.98 Å². The van der Waals surface area contributed by atoms with Crippen LogP contribution in [0.2, 0.25) is 5.15 Å². The summed E-state index contributed by atoms with van der Waals surface area (Å²) in [5, 5.41) is 0.298. The molecular formula is C16H18ClNO4. The summed E-state index contributed by atoms with van der Waals surface area (Å²) in [4.78, 5) is 4.08. The highest BCUT2D eigenvalue weighted by Crippen LogP contribution is 2.23. The van der Waals surface area contributed by atoms with Crippen molar-refractivity contribution in [3.8, 4) is 11.6 Å². The smallest absolute Gasteiger partial charge is 0.218 e. The molecule has 0 radical (unpaired) electrons. The quantitative estimate of drug-likeness (QED) is 0.551. The lowest BCUT2D eigenvalue weighted by Gasteiger charge is -2.14. The predicted octanol–water partition coefficient (Wildman–Crippen LogP) is 3.31. The van der Waals surface area contributed by atoms with Crippen molar-refractivity contribution in [3.05, 3.63) is 53.2 Å². The topological polar surface area (TPSA) is 49.8 Å². The standard InChI is InChI=1S/C16H18ClNO4/c1-19-16(20-2)11-22-15-9-13(8-14(17)18-15)21-10-12-6-4-3-5-7-12/h3-9,16H,10-11H2,1-2H3. The Labute approximate surface area is 134 Å². The Morgan fingerprint density at radius 3 is 2.45 bits per heavy atom. The van der Waals surface area contributed by atoms with E-state index in [0.29, 0.717) is 23.4 Å². The molecule has 0 saturated heterocycles. The van der Waals surface area contributed by atoms with Gasteiger partial charge in [0, 0.05) is 26.4 Å². The third kappa shape index (κ3) is 5.18. The zero-order valence-corrected chi connectivity index (χ0v) is 13.2. The summed E-state index contributed by atoms with van der Waals surface area (Å²) in [6, 6.07) is 13.2. The number of halogens is 1. The number of hydrogen-bond acceptors (Lipinski definition) is 5. The minimum absolute atomic E-state index is 0.207. The van der Waals surface area contributed by atoms with Gasteiger partial charge in [-0.2, -0.15) is 0 Å². The summed E-state index contributed by atoms with van der Waals surface area (Å²) in [6.45, 7) is 0.651. The van der Waals surface area contributed by atoms with Gasteiger partial charge in [0.05, 0.1) is 0 Å². The Kier molecular flexibility index (Phi) is 6.45. The molecule has 0 fully saturated rings. The van der Waals surface area contributed by atoms with E-state index in [-0.39, 0.29) is 6.61 Å². The van der Waals surface area contributed by atoms with Crippen LogP contribution in [0.3, 0.4) is 0 Å². The highest BCUT2D eigenvalue weighted by atomic mass is 35.5. The van der Waals surface area contributed by atoms with Gasteiger partial charge in [-0.1, -0.05) is 41.9 Å². The third-order valence-electron chi connectivity index (χ3n) is 2.89. The molecule has 0 aliphatic rings. The third-order valence-corrected chi connectivity index (χ3v) is 3.08. The monoisotopic (exact) mass is 323 g/mol. The van der Waals surface area contributed by atoms with Crippen LogP contribution in [0, 0.1) is 0 Å². The molecule has 5 nitrogen and oxygen atoms in total. The van der Waals surface area contributed by atoms with E-state index in [1.54, 1.807) is 12.1 Å². The van der Waals surface area contributed by atoms with Gasteiger partial charge in [-0.3, -0.25) is 0 Å². The van der Waals surface area contributed by atoms with E-state index in [1.165, 1.54) is 14.2 Å². The lowest BCUT2D eigenvalue weighted by atomic mass is 10.2. The molecular weight excluding hydrogens is 306 g/mol. The maximum absolute atomic E-state index is 5.98. The average molecular weight is 324 g/mol. The Bertz CT molecular complexity index is 576. The summed E-state index contributed by atoms with van der Waals surface area (Å²) < 4.78 is 21.3. The van der Waals surface area contributed by atoms with Gasteiger partial charge >= 0.3 is 0 Å². The van der Waals surface area contributed by atoms with Gasteiger partial charge < -0.3 is 18.9 Å². The zero-order valence-electron chi connectivity index (χ0n) is 12.5. The van der Waals surface area contributed by atoms with Crippen molar-refractivity contribution in [2.45, 2.75) is 12.9 Å². The van der Waals surface area contributed by atoms with Gasteiger partial charge in [0.25, 0.3) is 0 Å². The minimum atomic E-state index is -0.463. The number of ether oxygens (including phenoxy) is 4. The first-order valence-corrected chi connectivity index (χ1v) is 7.11. The number of nitrogens with zero attached hydrogens (tertiary/aromatic N) is 1. The first kappa shape index (κ1) is 16.5. The summed E-state index contributed by atoms with van der Waals surface area (Å²) in [6.07, 6.45) is -0.463. The van der Waals surface area contributed by atoms with Crippen LogP contribution in [-0.4, -0.2) is 32.1 Å². The van der Waals surface area contributed by atoms with Gasteiger partial charge in [0.1, 0.15) is 24.1 Å². The van der Waals surface area contributed by atoms with Crippen LogP contribution in [-0.2, 0) is 16.1 Å². The van der Waals surface area contributed by atoms with Gasteiger partial charge in [0.15, 0.2) is 6.29 Å². The molecule has 0 unspecified atom stereocenters. The molecule has 0 saturated carbocycles. The molecule has 0 bridgehead atoms. The first-order chi connectivity index (χ1) is 10.7. The highest BCUT2D eigenvalue weighted by Gasteiger charge is 2.09. The normalized spacial score (nSPS) is 10.7. The fourth-order valence-electron chi connectivity index (χ4n) is 1.73. The van der Waals surface area contributed by atoms with Crippen molar-refractivity contribution >= 4 is 11.6 Å². The van der Waals surface area contributed by atoms with Crippen molar-refractivity contribution in [2.75, 3.05) is 20.8 Å². The minimum Gasteiger partial charge on any atom is -0.489 e. The molecule has 22 heavy (non-hydrogen) atoms. The van der Waals surface area contributed by atoms with E-state index in [2.05, 4.69) is 4.98 Å². The molecule has 1 heterocycles. The molecule has 0 amide bonds. The molecule has 118 valence electrons. The average Bonchev–Trinajstić information content (AvgIpc) is 2.54. The Hall–Kier alpha value is -1.82. The Morgan fingerprint density at radius 2 is 1.77 bits per heavy atom. The van der Waals surface area contributed by atoms with Crippen LogP contribution < -0.4 is 9.47 Å². The number of methoxy groups -OCH3 is 2. The Balaban J connectivity index is 1.97. The second-order valence-electron chi connectivity index (χ2n) is 4.45. The maximum Gasteiger partial charge on any atom is 0.218 e. The number of rotatable bonds is 8. The number of benzene rings is 1. The van der Waals surface area contributed by atoms with Crippen molar-refractivity contribution < 1.29 is 18.9 Å². The summed E-state index contributed by atoms with van der Waals surface area (Å²) in [5.41, 5.74) is 1.07. The fourth-order valence-corrected chi connectivity index (χ4v) is 1.93. The van der Waals surface area contributed by atoms with Gasteiger partial charge in [-0.15, -0.1) is 0 Å². The van der Waals surface area contributed by atoms with Crippen molar-refractivity contribution in [1.29, 1.82) is 0 Å². The molecule has 6 heteroatoms. The molecule has 0 N–H and O–H groups in total. The second-order valence-corrected chi connectivity index (χ2v) is 4.84.